The van der Waals surface area contributed by atoms with Gasteiger partial charge in [-0.15, -0.1) is 5.10 Å². The first kappa shape index (κ1) is 19.1. The van der Waals surface area contributed by atoms with Gasteiger partial charge in [-0.05, 0) is 46.8 Å². The van der Waals surface area contributed by atoms with Crippen LogP contribution in [-0.4, -0.2) is 78.2 Å². The number of ether oxygens (including phenoxy) is 1. The van der Waals surface area contributed by atoms with E-state index in [0.29, 0.717) is 19.7 Å². The summed E-state index contributed by atoms with van der Waals surface area (Å²) in [5.74, 6) is 1.50. The van der Waals surface area contributed by atoms with Gasteiger partial charge >= 0.3 is 0 Å². The van der Waals surface area contributed by atoms with Gasteiger partial charge in [0.1, 0.15) is 17.9 Å². The van der Waals surface area contributed by atoms with E-state index in [1.807, 2.05) is 16.8 Å². The fourth-order valence-corrected chi connectivity index (χ4v) is 4.70. The van der Waals surface area contributed by atoms with Crippen LogP contribution in [0.25, 0.3) is 11.0 Å². The molecule has 1 saturated heterocycles. The zero-order valence-electron chi connectivity index (χ0n) is 15.3. The van der Waals surface area contributed by atoms with Crippen LogP contribution in [0.2, 0.25) is 0 Å². The lowest BCUT2D eigenvalue weighted by atomic mass is 10.3. The van der Waals surface area contributed by atoms with Crippen molar-refractivity contribution < 1.29 is 13.2 Å². The Morgan fingerprint density at radius 3 is 2.63 bits per heavy atom. The minimum atomic E-state index is -3.09. The lowest BCUT2D eigenvalue weighted by Crippen LogP contribution is -2.49. The number of benzene rings is 1. The van der Waals surface area contributed by atoms with Crippen LogP contribution in [0.5, 0.6) is 5.75 Å². The molecule has 0 amide bonds. The molecule has 2 fully saturated rings. The van der Waals surface area contributed by atoms with Gasteiger partial charge in [-0.3, -0.25) is 4.90 Å². The van der Waals surface area contributed by atoms with E-state index in [4.69, 9.17) is 4.74 Å². The summed E-state index contributed by atoms with van der Waals surface area (Å²) in [6.45, 7) is 4.77. The first-order valence-electron chi connectivity index (χ1n) is 9.24. The number of rotatable bonds is 7. The number of piperazine rings is 1. The standard InChI is InChI=1S/C17H24BrN5O3S/c1-27(24,25)22-8-6-21(7-9-22)10-11-26-15-5-4-14-17(16(15)18)19-20-23(14)12-13-2-3-13/h4-5,13H,2-3,6-12H2,1H3. The molecule has 4 rings (SSSR count). The Balaban J connectivity index is 1.32. The third-order valence-electron chi connectivity index (χ3n) is 5.18. The van der Waals surface area contributed by atoms with Gasteiger partial charge in [0, 0.05) is 39.3 Å². The second-order valence-electron chi connectivity index (χ2n) is 7.31. The Morgan fingerprint density at radius 1 is 1.22 bits per heavy atom. The maximum Gasteiger partial charge on any atom is 0.211 e. The normalized spacial score (nSPS) is 19.6. The maximum absolute atomic E-state index is 11.6. The number of nitrogens with zero attached hydrogens (tertiary/aromatic N) is 5. The summed E-state index contributed by atoms with van der Waals surface area (Å²) in [5.41, 5.74) is 1.85. The highest BCUT2D eigenvalue weighted by molar-refractivity contribution is 9.10. The van der Waals surface area contributed by atoms with Crippen LogP contribution >= 0.6 is 15.9 Å². The van der Waals surface area contributed by atoms with Crippen LogP contribution in [0.15, 0.2) is 16.6 Å². The molecule has 1 aromatic heterocycles. The van der Waals surface area contributed by atoms with E-state index in [9.17, 15) is 8.42 Å². The molecule has 0 N–H and O–H groups in total. The second-order valence-corrected chi connectivity index (χ2v) is 10.1. The summed E-state index contributed by atoms with van der Waals surface area (Å²) >= 11 is 3.61. The molecule has 0 unspecified atom stereocenters. The molecule has 1 saturated carbocycles. The Kier molecular flexibility index (Phi) is 5.41. The van der Waals surface area contributed by atoms with Crippen LogP contribution in [0.1, 0.15) is 12.8 Å². The highest BCUT2D eigenvalue weighted by atomic mass is 79.9. The van der Waals surface area contributed by atoms with Gasteiger partial charge < -0.3 is 4.74 Å². The molecule has 8 nitrogen and oxygen atoms in total. The van der Waals surface area contributed by atoms with Crippen LogP contribution in [0.4, 0.5) is 0 Å². The van der Waals surface area contributed by atoms with Gasteiger partial charge in [0.2, 0.25) is 10.0 Å². The summed E-state index contributed by atoms with van der Waals surface area (Å²) in [4.78, 5) is 2.22. The molecule has 1 aliphatic carbocycles. The van der Waals surface area contributed by atoms with E-state index in [-0.39, 0.29) is 0 Å². The van der Waals surface area contributed by atoms with E-state index in [0.717, 1.165) is 53.4 Å². The summed E-state index contributed by atoms with van der Waals surface area (Å²) in [5, 5.41) is 8.58. The smallest absolute Gasteiger partial charge is 0.211 e. The molecular weight excluding hydrogens is 434 g/mol. The average molecular weight is 458 g/mol. The minimum absolute atomic E-state index is 0.540. The van der Waals surface area contributed by atoms with Gasteiger partial charge in [-0.2, -0.15) is 4.31 Å². The van der Waals surface area contributed by atoms with Gasteiger partial charge in [0.25, 0.3) is 0 Å². The largest absolute Gasteiger partial charge is 0.491 e. The third-order valence-corrected chi connectivity index (χ3v) is 7.25. The van der Waals surface area contributed by atoms with E-state index in [1.165, 1.54) is 23.4 Å². The Labute approximate surface area is 167 Å². The zero-order chi connectivity index (χ0) is 19.0. The van der Waals surface area contributed by atoms with E-state index >= 15 is 0 Å². The zero-order valence-corrected chi connectivity index (χ0v) is 17.7. The first-order chi connectivity index (χ1) is 12.9. The predicted octanol–water partition coefficient (Wildman–Crippen LogP) is 1.56. The second kappa shape index (κ2) is 7.65. The van der Waals surface area contributed by atoms with Crippen LogP contribution in [0.3, 0.4) is 0 Å². The van der Waals surface area contributed by atoms with Crippen molar-refractivity contribution in [2.75, 3.05) is 45.6 Å². The lowest BCUT2D eigenvalue weighted by Gasteiger charge is -2.33. The van der Waals surface area contributed by atoms with Crippen LogP contribution < -0.4 is 4.74 Å². The molecule has 0 radical (unpaired) electrons. The summed E-state index contributed by atoms with van der Waals surface area (Å²) in [6.07, 6.45) is 3.82. The number of fused-ring (bicyclic) bond motifs is 1. The topological polar surface area (TPSA) is 80.6 Å². The number of halogens is 1. The van der Waals surface area contributed by atoms with Gasteiger partial charge in [-0.1, -0.05) is 5.21 Å². The third kappa shape index (κ3) is 4.44. The number of sulfonamides is 1. The Hall–Kier alpha value is -1.23. The fourth-order valence-electron chi connectivity index (χ4n) is 3.35. The number of hydrogen-bond donors (Lipinski definition) is 0. The molecule has 0 spiro atoms. The quantitative estimate of drug-likeness (QED) is 0.627. The van der Waals surface area contributed by atoms with Crippen molar-refractivity contribution in [3.63, 3.8) is 0 Å². The predicted molar refractivity (Wildman–Crippen MR) is 106 cm³/mol. The molecule has 2 aliphatic rings. The first-order valence-corrected chi connectivity index (χ1v) is 11.9. The van der Waals surface area contributed by atoms with Crippen molar-refractivity contribution in [3.8, 4) is 5.75 Å². The van der Waals surface area contributed by atoms with Crippen molar-refractivity contribution in [1.82, 2.24) is 24.2 Å². The van der Waals surface area contributed by atoms with E-state index in [1.54, 1.807) is 0 Å². The van der Waals surface area contributed by atoms with Crippen LogP contribution in [0, 0.1) is 5.92 Å². The van der Waals surface area contributed by atoms with Crippen molar-refractivity contribution in [1.29, 1.82) is 0 Å². The SMILES string of the molecule is CS(=O)(=O)N1CCN(CCOc2ccc3c(nnn3CC3CC3)c2Br)CC1. The van der Waals surface area contributed by atoms with Gasteiger partial charge in [0.15, 0.2) is 0 Å². The molecule has 1 aliphatic heterocycles. The van der Waals surface area contributed by atoms with Crippen molar-refractivity contribution in [2.45, 2.75) is 19.4 Å². The average Bonchev–Trinajstić information content (AvgIpc) is 3.35. The van der Waals surface area contributed by atoms with E-state index < -0.39 is 10.0 Å². The molecular formula is C17H24BrN5O3S. The Morgan fingerprint density at radius 2 is 1.96 bits per heavy atom. The molecule has 2 aromatic rings. The van der Waals surface area contributed by atoms with Crippen molar-refractivity contribution >= 4 is 37.0 Å². The fraction of sp³-hybridized carbons (Fsp3) is 0.647. The monoisotopic (exact) mass is 457 g/mol. The summed E-state index contributed by atoms with van der Waals surface area (Å²) < 4.78 is 33.4. The highest BCUT2D eigenvalue weighted by Crippen LogP contribution is 2.34. The molecule has 2 heterocycles. The minimum Gasteiger partial charge on any atom is -0.491 e. The molecule has 148 valence electrons. The van der Waals surface area contributed by atoms with Crippen molar-refractivity contribution in [2.24, 2.45) is 5.92 Å². The molecule has 10 heteroatoms. The molecule has 1 aromatic carbocycles. The van der Waals surface area contributed by atoms with Crippen molar-refractivity contribution in [3.05, 3.63) is 16.6 Å². The molecule has 27 heavy (non-hydrogen) atoms. The summed E-state index contributed by atoms with van der Waals surface area (Å²) in [6, 6.07) is 3.98. The lowest BCUT2D eigenvalue weighted by molar-refractivity contribution is 0.159. The van der Waals surface area contributed by atoms with Gasteiger partial charge in [-0.25, -0.2) is 13.1 Å². The number of aromatic nitrogens is 3. The molecule has 0 atom stereocenters. The molecule has 0 bridgehead atoms. The summed E-state index contributed by atoms with van der Waals surface area (Å²) in [7, 11) is -3.09. The number of hydrogen-bond acceptors (Lipinski definition) is 6. The Bertz CT molecular complexity index is 920. The van der Waals surface area contributed by atoms with Crippen LogP contribution in [-0.2, 0) is 16.6 Å². The van der Waals surface area contributed by atoms with Gasteiger partial charge in [0.05, 0.1) is 16.2 Å². The highest BCUT2D eigenvalue weighted by Gasteiger charge is 2.24. The maximum atomic E-state index is 11.6. The van der Waals surface area contributed by atoms with E-state index in [2.05, 4.69) is 31.1 Å².